The molecule has 1 atom stereocenters. The van der Waals surface area contributed by atoms with E-state index in [0.717, 1.165) is 19.0 Å². The molecule has 1 N–H and O–H groups in total. The highest BCUT2D eigenvalue weighted by molar-refractivity contribution is 5.66. The monoisotopic (exact) mass is 240 g/mol. The molecule has 98 valence electrons. The number of carboxylic acid groups (broad SMARTS) is 1. The van der Waals surface area contributed by atoms with Gasteiger partial charge in [-0.05, 0) is 58.3 Å². The lowest BCUT2D eigenvalue weighted by Crippen LogP contribution is -2.42. The van der Waals surface area contributed by atoms with Gasteiger partial charge in [0.05, 0.1) is 0 Å². The van der Waals surface area contributed by atoms with Gasteiger partial charge in [0.15, 0.2) is 0 Å². The van der Waals surface area contributed by atoms with Gasteiger partial charge in [-0.2, -0.15) is 0 Å². The SMILES string of the molecule is CN1CCC(N2CCC(CCC(=O)O)C2)CC1. The number of aliphatic carboxylic acids is 1. The molecular formula is C13H24N2O2. The molecule has 2 aliphatic heterocycles. The summed E-state index contributed by atoms with van der Waals surface area (Å²) in [4.78, 5) is 15.6. The van der Waals surface area contributed by atoms with Crippen molar-refractivity contribution >= 4 is 5.97 Å². The Morgan fingerprint density at radius 2 is 1.94 bits per heavy atom. The van der Waals surface area contributed by atoms with Crippen LogP contribution in [0.2, 0.25) is 0 Å². The average Bonchev–Trinajstić information content (AvgIpc) is 2.76. The van der Waals surface area contributed by atoms with Crippen LogP contribution in [0.1, 0.15) is 32.1 Å². The minimum Gasteiger partial charge on any atom is -0.481 e. The summed E-state index contributed by atoms with van der Waals surface area (Å²) in [7, 11) is 2.19. The van der Waals surface area contributed by atoms with Gasteiger partial charge in [-0.25, -0.2) is 0 Å². The van der Waals surface area contributed by atoms with Crippen molar-refractivity contribution in [2.75, 3.05) is 33.2 Å². The first-order chi connectivity index (χ1) is 8.15. The molecule has 0 bridgehead atoms. The van der Waals surface area contributed by atoms with Crippen LogP contribution in [0.25, 0.3) is 0 Å². The van der Waals surface area contributed by atoms with Gasteiger partial charge in [0.1, 0.15) is 0 Å². The zero-order valence-corrected chi connectivity index (χ0v) is 10.8. The first kappa shape index (κ1) is 12.8. The van der Waals surface area contributed by atoms with Gasteiger partial charge in [0.25, 0.3) is 0 Å². The third-order valence-electron chi connectivity index (χ3n) is 4.29. The van der Waals surface area contributed by atoms with Gasteiger partial charge in [-0.1, -0.05) is 0 Å². The van der Waals surface area contributed by atoms with Gasteiger partial charge in [-0.15, -0.1) is 0 Å². The molecule has 0 aromatic heterocycles. The van der Waals surface area contributed by atoms with E-state index < -0.39 is 5.97 Å². The minimum atomic E-state index is -0.650. The molecule has 2 aliphatic rings. The molecule has 0 amide bonds. The molecule has 0 saturated carbocycles. The molecule has 2 rings (SSSR count). The summed E-state index contributed by atoms with van der Waals surface area (Å²) in [5.41, 5.74) is 0. The van der Waals surface area contributed by atoms with Crippen LogP contribution in [-0.2, 0) is 4.79 Å². The van der Waals surface area contributed by atoms with Crippen LogP contribution in [0.15, 0.2) is 0 Å². The number of nitrogens with zero attached hydrogens (tertiary/aromatic N) is 2. The van der Waals surface area contributed by atoms with E-state index in [4.69, 9.17) is 5.11 Å². The number of rotatable bonds is 4. The smallest absolute Gasteiger partial charge is 0.303 e. The van der Waals surface area contributed by atoms with E-state index in [1.165, 1.54) is 38.9 Å². The molecule has 0 aromatic rings. The van der Waals surface area contributed by atoms with Crippen molar-refractivity contribution in [3.63, 3.8) is 0 Å². The minimum absolute atomic E-state index is 0.339. The largest absolute Gasteiger partial charge is 0.481 e. The number of carbonyl (C=O) groups is 1. The number of likely N-dealkylation sites (tertiary alicyclic amines) is 2. The third kappa shape index (κ3) is 3.68. The van der Waals surface area contributed by atoms with Gasteiger partial charge >= 0.3 is 5.97 Å². The van der Waals surface area contributed by atoms with E-state index in [1.807, 2.05) is 0 Å². The number of piperidine rings is 1. The Morgan fingerprint density at radius 1 is 1.24 bits per heavy atom. The number of hydrogen-bond donors (Lipinski definition) is 1. The highest BCUT2D eigenvalue weighted by Crippen LogP contribution is 2.26. The van der Waals surface area contributed by atoms with E-state index in [2.05, 4.69) is 16.8 Å². The lowest BCUT2D eigenvalue weighted by molar-refractivity contribution is -0.137. The maximum absolute atomic E-state index is 10.6. The van der Waals surface area contributed by atoms with E-state index in [-0.39, 0.29) is 0 Å². The quantitative estimate of drug-likeness (QED) is 0.803. The Morgan fingerprint density at radius 3 is 2.59 bits per heavy atom. The van der Waals surface area contributed by atoms with Gasteiger partial charge < -0.3 is 14.9 Å². The second-order valence-electron chi connectivity index (χ2n) is 5.62. The van der Waals surface area contributed by atoms with Gasteiger partial charge in [-0.3, -0.25) is 4.79 Å². The zero-order chi connectivity index (χ0) is 12.3. The fourth-order valence-electron chi connectivity index (χ4n) is 3.12. The summed E-state index contributed by atoms with van der Waals surface area (Å²) >= 11 is 0. The van der Waals surface area contributed by atoms with Crippen LogP contribution in [-0.4, -0.2) is 60.1 Å². The normalized spacial score (nSPS) is 28.6. The molecule has 0 aliphatic carbocycles. The first-order valence-corrected chi connectivity index (χ1v) is 6.79. The highest BCUT2D eigenvalue weighted by atomic mass is 16.4. The number of hydrogen-bond acceptors (Lipinski definition) is 3. The van der Waals surface area contributed by atoms with Crippen LogP contribution >= 0.6 is 0 Å². The van der Waals surface area contributed by atoms with E-state index in [0.29, 0.717) is 12.3 Å². The standard InChI is InChI=1S/C13H24N2O2/c1-14-7-5-12(6-8-14)15-9-4-11(10-15)2-3-13(16)17/h11-12H,2-10H2,1H3,(H,16,17). The molecule has 0 radical (unpaired) electrons. The second-order valence-corrected chi connectivity index (χ2v) is 5.62. The fourth-order valence-corrected chi connectivity index (χ4v) is 3.12. The molecule has 0 aromatic carbocycles. The Kier molecular flexibility index (Phi) is 4.40. The molecule has 17 heavy (non-hydrogen) atoms. The summed E-state index contributed by atoms with van der Waals surface area (Å²) in [5.74, 6) is -0.0338. The molecular weight excluding hydrogens is 216 g/mol. The Balaban J connectivity index is 1.72. The van der Waals surface area contributed by atoms with Crippen molar-refractivity contribution < 1.29 is 9.90 Å². The second kappa shape index (κ2) is 5.83. The summed E-state index contributed by atoms with van der Waals surface area (Å²) in [5, 5.41) is 8.70. The summed E-state index contributed by atoms with van der Waals surface area (Å²) in [6.07, 6.45) is 4.95. The topological polar surface area (TPSA) is 43.8 Å². The average molecular weight is 240 g/mol. The maximum atomic E-state index is 10.6. The number of carboxylic acids is 1. The molecule has 2 saturated heterocycles. The van der Waals surface area contributed by atoms with Crippen molar-refractivity contribution in [1.82, 2.24) is 9.80 Å². The van der Waals surface area contributed by atoms with E-state index >= 15 is 0 Å². The van der Waals surface area contributed by atoms with Crippen LogP contribution in [0.5, 0.6) is 0 Å². The van der Waals surface area contributed by atoms with Crippen molar-refractivity contribution in [2.24, 2.45) is 5.92 Å². The van der Waals surface area contributed by atoms with Crippen LogP contribution in [0, 0.1) is 5.92 Å². The van der Waals surface area contributed by atoms with Crippen LogP contribution in [0.3, 0.4) is 0 Å². The van der Waals surface area contributed by atoms with Gasteiger partial charge in [0.2, 0.25) is 0 Å². The lowest BCUT2D eigenvalue weighted by Gasteiger charge is -2.35. The summed E-state index contributed by atoms with van der Waals surface area (Å²) in [6, 6.07) is 0.751. The lowest BCUT2D eigenvalue weighted by atomic mass is 10.0. The van der Waals surface area contributed by atoms with E-state index in [1.54, 1.807) is 0 Å². The molecule has 4 nitrogen and oxygen atoms in total. The molecule has 0 spiro atoms. The maximum Gasteiger partial charge on any atom is 0.303 e. The van der Waals surface area contributed by atoms with Crippen molar-refractivity contribution in [2.45, 2.75) is 38.1 Å². The Bertz CT molecular complexity index is 262. The summed E-state index contributed by atoms with van der Waals surface area (Å²) in [6.45, 7) is 4.72. The molecule has 2 heterocycles. The van der Waals surface area contributed by atoms with Crippen molar-refractivity contribution in [1.29, 1.82) is 0 Å². The van der Waals surface area contributed by atoms with Gasteiger partial charge in [0, 0.05) is 19.0 Å². The van der Waals surface area contributed by atoms with E-state index in [9.17, 15) is 4.79 Å². The predicted octanol–water partition coefficient (Wildman–Crippen LogP) is 1.27. The fraction of sp³-hybridized carbons (Fsp3) is 0.923. The Hall–Kier alpha value is -0.610. The summed E-state index contributed by atoms with van der Waals surface area (Å²) < 4.78 is 0. The van der Waals surface area contributed by atoms with Crippen molar-refractivity contribution in [3.05, 3.63) is 0 Å². The third-order valence-corrected chi connectivity index (χ3v) is 4.29. The van der Waals surface area contributed by atoms with Crippen LogP contribution in [0.4, 0.5) is 0 Å². The predicted molar refractivity (Wildman–Crippen MR) is 67.1 cm³/mol. The molecule has 2 fully saturated rings. The first-order valence-electron chi connectivity index (χ1n) is 6.79. The van der Waals surface area contributed by atoms with Crippen LogP contribution < -0.4 is 0 Å². The molecule has 1 unspecified atom stereocenters. The zero-order valence-electron chi connectivity index (χ0n) is 10.8. The highest BCUT2D eigenvalue weighted by Gasteiger charge is 2.29. The molecule has 4 heteroatoms. The van der Waals surface area contributed by atoms with Crippen molar-refractivity contribution in [3.8, 4) is 0 Å². The Labute approximate surface area is 104 Å².